The van der Waals surface area contributed by atoms with Crippen LogP contribution in [0.15, 0.2) is 48.5 Å². The van der Waals surface area contributed by atoms with E-state index in [1.54, 1.807) is 42.5 Å². The second kappa shape index (κ2) is 8.73. The minimum absolute atomic E-state index is 0.255. The first-order chi connectivity index (χ1) is 11.9. The topological polar surface area (TPSA) is 84.9 Å². The Morgan fingerprint density at radius 1 is 1.04 bits per heavy atom. The second-order valence-electron chi connectivity index (χ2n) is 5.89. The van der Waals surface area contributed by atoms with Gasteiger partial charge in [0, 0.05) is 11.3 Å². The van der Waals surface area contributed by atoms with Crippen LogP contribution in [0.3, 0.4) is 0 Å². The van der Waals surface area contributed by atoms with E-state index in [-0.39, 0.29) is 5.91 Å². The number of rotatable bonds is 8. The molecule has 6 nitrogen and oxygen atoms in total. The van der Waals surface area contributed by atoms with Gasteiger partial charge in [0.25, 0.3) is 5.91 Å². The minimum atomic E-state index is -1.04. The van der Waals surface area contributed by atoms with Crippen molar-refractivity contribution in [3.8, 4) is 11.5 Å². The molecular formula is C19H21NO5. The molecule has 2 aromatic carbocycles. The number of nitrogens with one attached hydrogen (secondary N) is 1. The maximum Gasteiger partial charge on any atom is 0.341 e. The van der Waals surface area contributed by atoms with Gasteiger partial charge >= 0.3 is 5.97 Å². The van der Waals surface area contributed by atoms with Crippen LogP contribution in [0.25, 0.3) is 0 Å². The molecule has 0 heterocycles. The summed E-state index contributed by atoms with van der Waals surface area (Å²) in [6.45, 7) is 4.29. The first-order valence-electron chi connectivity index (χ1n) is 7.93. The number of carbonyl (C=O) groups excluding carboxylic acids is 1. The Morgan fingerprint density at radius 2 is 1.76 bits per heavy atom. The van der Waals surface area contributed by atoms with Crippen LogP contribution in [-0.2, 0) is 4.79 Å². The van der Waals surface area contributed by atoms with Gasteiger partial charge in [-0.2, -0.15) is 0 Å². The lowest BCUT2D eigenvalue weighted by molar-refractivity contribution is -0.139. The molecule has 0 spiro atoms. The summed E-state index contributed by atoms with van der Waals surface area (Å²) in [7, 11) is 0. The van der Waals surface area contributed by atoms with Gasteiger partial charge in [-0.3, -0.25) is 4.79 Å². The molecule has 25 heavy (non-hydrogen) atoms. The number of hydrogen-bond acceptors (Lipinski definition) is 4. The third kappa shape index (κ3) is 6.18. The fourth-order valence-electron chi connectivity index (χ4n) is 1.97. The van der Waals surface area contributed by atoms with Crippen molar-refractivity contribution < 1.29 is 24.2 Å². The highest BCUT2D eigenvalue weighted by Gasteiger charge is 2.08. The van der Waals surface area contributed by atoms with Crippen LogP contribution in [0.1, 0.15) is 24.2 Å². The summed E-state index contributed by atoms with van der Waals surface area (Å²) in [6, 6.07) is 13.5. The zero-order chi connectivity index (χ0) is 18.2. The molecule has 0 saturated heterocycles. The molecule has 0 bridgehead atoms. The van der Waals surface area contributed by atoms with Crippen molar-refractivity contribution in [2.75, 3.05) is 18.5 Å². The predicted octanol–water partition coefficient (Wildman–Crippen LogP) is 3.44. The molecule has 6 heteroatoms. The van der Waals surface area contributed by atoms with Gasteiger partial charge in [0.15, 0.2) is 6.61 Å². The summed E-state index contributed by atoms with van der Waals surface area (Å²) in [5.41, 5.74) is 1.08. The lowest BCUT2D eigenvalue weighted by Crippen LogP contribution is -2.12. The Hall–Kier alpha value is -3.02. The quantitative estimate of drug-likeness (QED) is 0.767. The average molecular weight is 343 g/mol. The fourth-order valence-corrected chi connectivity index (χ4v) is 1.97. The van der Waals surface area contributed by atoms with E-state index in [0.717, 1.165) is 0 Å². The summed E-state index contributed by atoms with van der Waals surface area (Å²) in [5.74, 6) is 0.175. The van der Waals surface area contributed by atoms with Crippen LogP contribution in [0.2, 0.25) is 0 Å². The van der Waals surface area contributed by atoms with Gasteiger partial charge < -0.3 is 19.9 Å². The van der Waals surface area contributed by atoms with E-state index >= 15 is 0 Å². The lowest BCUT2D eigenvalue weighted by Gasteiger charge is -2.10. The highest BCUT2D eigenvalue weighted by molar-refractivity contribution is 6.04. The minimum Gasteiger partial charge on any atom is -0.493 e. The van der Waals surface area contributed by atoms with E-state index in [0.29, 0.717) is 35.3 Å². The van der Waals surface area contributed by atoms with E-state index in [1.165, 1.54) is 0 Å². The molecular weight excluding hydrogens is 322 g/mol. The molecule has 1 amide bonds. The SMILES string of the molecule is CC(C)COc1cccc(C(=O)Nc2ccc(OCC(=O)O)cc2)c1. The second-order valence-corrected chi connectivity index (χ2v) is 5.89. The molecule has 2 aromatic rings. The van der Waals surface area contributed by atoms with Crippen LogP contribution in [0.4, 0.5) is 5.69 Å². The Bertz CT molecular complexity index is 725. The lowest BCUT2D eigenvalue weighted by atomic mass is 10.2. The Morgan fingerprint density at radius 3 is 2.40 bits per heavy atom. The number of carboxylic acids is 1. The van der Waals surface area contributed by atoms with Crippen LogP contribution >= 0.6 is 0 Å². The normalized spacial score (nSPS) is 10.4. The van der Waals surface area contributed by atoms with Crippen LogP contribution in [0, 0.1) is 5.92 Å². The highest BCUT2D eigenvalue weighted by atomic mass is 16.5. The van der Waals surface area contributed by atoms with Crippen molar-refractivity contribution in [2.24, 2.45) is 5.92 Å². The molecule has 0 saturated carbocycles. The number of carboxylic acid groups (broad SMARTS) is 1. The maximum absolute atomic E-state index is 12.3. The number of hydrogen-bond donors (Lipinski definition) is 2. The van der Waals surface area contributed by atoms with E-state index in [9.17, 15) is 9.59 Å². The molecule has 0 unspecified atom stereocenters. The molecule has 132 valence electrons. The molecule has 0 aliphatic rings. The zero-order valence-corrected chi connectivity index (χ0v) is 14.2. The van der Waals surface area contributed by atoms with Gasteiger partial charge in [0.1, 0.15) is 11.5 Å². The van der Waals surface area contributed by atoms with E-state index < -0.39 is 12.6 Å². The Balaban J connectivity index is 1.97. The van der Waals surface area contributed by atoms with Gasteiger partial charge in [-0.25, -0.2) is 4.79 Å². The van der Waals surface area contributed by atoms with E-state index in [1.807, 2.05) is 6.07 Å². The summed E-state index contributed by atoms with van der Waals surface area (Å²) >= 11 is 0. The predicted molar refractivity (Wildman–Crippen MR) is 94.3 cm³/mol. The van der Waals surface area contributed by atoms with Crippen molar-refractivity contribution in [1.29, 1.82) is 0 Å². The highest BCUT2D eigenvalue weighted by Crippen LogP contribution is 2.18. The van der Waals surface area contributed by atoms with Gasteiger partial charge in [-0.15, -0.1) is 0 Å². The maximum atomic E-state index is 12.3. The van der Waals surface area contributed by atoms with Gasteiger partial charge in [0.2, 0.25) is 0 Å². The molecule has 2 N–H and O–H groups in total. The number of ether oxygens (including phenoxy) is 2. The third-order valence-corrected chi connectivity index (χ3v) is 3.15. The van der Waals surface area contributed by atoms with Crippen molar-refractivity contribution in [1.82, 2.24) is 0 Å². The molecule has 0 fully saturated rings. The van der Waals surface area contributed by atoms with Crippen molar-refractivity contribution in [3.05, 3.63) is 54.1 Å². The standard InChI is InChI=1S/C19H21NO5/c1-13(2)11-24-17-5-3-4-14(10-17)19(23)20-15-6-8-16(9-7-15)25-12-18(21)22/h3-10,13H,11-12H2,1-2H3,(H,20,23)(H,21,22). The first kappa shape index (κ1) is 18.3. The van der Waals surface area contributed by atoms with Crippen molar-refractivity contribution >= 4 is 17.6 Å². The van der Waals surface area contributed by atoms with E-state index in [4.69, 9.17) is 14.6 Å². The van der Waals surface area contributed by atoms with Crippen LogP contribution in [0.5, 0.6) is 11.5 Å². The Labute approximate surface area is 146 Å². The van der Waals surface area contributed by atoms with Crippen LogP contribution < -0.4 is 14.8 Å². The largest absolute Gasteiger partial charge is 0.493 e. The molecule has 0 radical (unpaired) electrons. The van der Waals surface area contributed by atoms with Crippen molar-refractivity contribution in [2.45, 2.75) is 13.8 Å². The third-order valence-electron chi connectivity index (χ3n) is 3.15. The number of aliphatic carboxylic acids is 1. The van der Waals surface area contributed by atoms with Gasteiger partial charge in [-0.1, -0.05) is 19.9 Å². The van der Waals surface area contributed by atoms with Gasteiger partial charge in [-0.05, 0) is 48.4 Å². The summed E-state index contributed by atoms with van der Waals surface area (Å²) in [4.78, 5) is 22.8. The fraction of sp³-hybridized carbons (Fsp3) is 0.263. The average Bonchev–Trinajstić information content (AvgIpc) is 2.59. The summed E-state index contributed by atoms with van der Waals surface area (Å²) in [6.07, 6.45) is 0. The zero-order valence-electron chi connectivity index (χ0n) is 14.2. The smallest absolute Gasteiger partial charge is 0.341 e. The molecule has 0 aliphatic carbocycles. The molecule has 0 aromatic heterocycles. The van der Waals surface area contributed by atoms with Crippen molar-refractivity contribution in [3.63, 3.8) is 0 Å². The Kier molecular flexibility index (Phi) is 6.39. The molecule has 0 atom stereocenters. The summed E-state index contributed by atoms with van der Waals surface area (Å²) in [5, 5.41) is 11.3. The molecule has 0 aliphatic heterocycles. The number of anilines is 1. The van der Waals surface area contributed by atoms with E-state index in [2.05, 4.69) is 19.2 Å². The summed E-state index contributed by atoms with van der Waals surface area (Å²) < 4.78 is 10.7. The first-order valence-corrected chi connectivity index (χ1v) is 7.93. The number of benzene rings is 2. The number of amides is 1. The number of carbonyl (C=O) groups is 2. The van der Waals surface area contributed by atoms with Gasteiger partial charge in [0.05, 0.1) is 6.61 Å². The van der Waals surface area contributed by atoms with Crippen LogP contribution in [-0.4, -0.2) is 30.2 Å². The monoisotopic (exact) mass is 343 g/mol. The molecule has 2 rings (SSSR count).